The molecule has 2 aliphatic rings. The van der Waals surface area contributed by atoms with E-state index in [0.29, 0.717) is 27.1 Å². The summed E-state index contributed by atoms with van der Waals surface area (Å²) < 4.78 is 24.1. The largest absolute Gasteiger partial charge is 0.454 e. The zero-order valence-corrected chi connectivity index (χ0v) is 17.2. The SMILES string of the molecule is N[C@H](c1cnc(NC(=O)C2(c3ccc4c(c3)OCO4)CC2)s1)c1ccc(F)cc1Cl. The zero-order valence-electron chi connectivity index (χ0n) is 15.7. The number of hydrogen-bond donors (Lipinski definition) is 2. The van der Waals surface area contributed by atoms with Crippen LogP contribution in [0.3, 0.4) is 0 Å². The lowest BCUT2D eigenvalue weighted by molar-refractivity contribution is -0.118. The summed E-state index contributed by atoms with van der Waals surface area (Å²) in [6, 6.07) is 9.13. The van der Waals surface area contributed by atoms with Gasteiger partial charge in [0.25, 0.3) is 0 Å². The highest BCUT2D eigenvalue weighted by atomic mass is 35.5. The number of hydrogen-bond acceptors (Lipinski definition) is 6. The molecule has 154 valence electrons. The first-order chi connectivity index (χ1) is 14.5. The Morgan fingerprint density at radius 2 is 2.03 bits per heavy atom. The lowest BCUT2D eigenvalue weighted by atomic mass is 9.94. The van der Waals surface area contributed by atoms with E-state index in [1.165, 1.54) is 23.5 Å². The Morgan fingerprint density at radius 3 is 2.80 bits per heavy atom. The highest BCUT2D eigenvalue weighted by Crippen LogP contribution is 2.51. The van der Waals surface area contributed by atoms with Gasteiger partial charge in [0.1, 0.15) is 5.82 Å². The third-order valence-electron chi connectivity index (χ3n) is 5.46. The summed E-state index contributed by atoms with van der Waals surface area (Å²) >= 11 is 7.39. The van der Waals surface area contributed by atoms with Crippen LogP contribution < -0.4 is 20.5 Å². The molecule has 3 N–H and O–H groups in total. The van der Waals surface area contributed by atoms with E-state index in [1.807, 2.05) is 18.2 Å². The molecule has 1 fully saturated rings. The molecule has 1 aromatic heterocycles. The van der Waals surface area contributed by atoms with Gasteiger partial charge in [-0.1, -0.05) is 35.1 Å². The van der Waals surface area contributed by atoms with E-state index in [1.54, 1.807) is 12.3 Å². The molecule has 6 nitrogen and oxygen atoms in total. The first-order valence-electron chi connectivity index (χ1n) is 9.34. The average molecular weight is 446 g/mol. The Morgan fingerprint density at radius 1 is 1.23 bits per heavy atom. The molecule has 2 heterocycles. The van der Waals surface area contributed by atoms with Crippen LogP contribution in [0.15, 0.2) is 42.6 Å². The van der Waals surface area contributed by atoms with Crippen molar-refractivity contribution in [3.8, 4) is 11.5 Å². The maximum atomic E-state index is 13.3. The summed E-state index contributed by atoms with van der Waals surface area (Å²) in [6.45, 7) is 0.193. The number of ether oxygens (including phenoxy) is 2. The molecule has 30 heavy (non-hydrogen) atoms. The summed E-state index contributed by atoms with van der Waals surface area (Å²) in [4.78, 5) is 18.0. The molecule has 9 heteroatoms. The van der Waals surface area contributed by atoms with E-state index in [9.17, 15) is 9.18 Å². The average Bonchev–Trinajstić information content (AvgIpc) is 3.18. The highest BCUT2D eigenvalue weighted by Gasteiger charge is 2.52. The molecule has 1 amide bonds. The lowest BCUT2D eigenvalue weighted by Gasteiger charge is -2.15. The van der Waals surface area contributed by atoms with E-state index in [0.717, 1.165) is 18.4 Å². The Hall–Kier alpha value is -2.68. The summed E-state index contributed by atoms with van der Waals surface area (Å²) in [7, 11) is 0. The second-order valence-corrected chi connectivity index (χ2v) is 8.78. The first-order valence-corrected chi connectivity index (χ1v) is 10.5. The van der Waals surface area contributed by atoms with Crippen LogP contribution >= 0.6 is 22.9 Å². The second kappa shape index (κ2) is 7.23. The minimum absolute atomic E-state index is 0.115. The molecule has 1 saturated carbocycles. The van der Waals surface area contributed by atoms with Crippen LogP contribution in [0, 0.1) is 5.82 Å². The Balaban J connectivity index is 1.33. The maximum absolute atomic E-state index is 13.3. The fraction of sp³-hybridized carbons (Fsp3) is 0.238. The van der Waals surface area contributed by atoms with Crippen LogP contribution in [-0.2, 0) is 10.2 Å². The zero-order chi connectivity index (χ0) is 20.9. The molecule has 1 aliphatic heterocycles. The van der Waals surface area contributed by atoms with Crippen molar-refractivity contribution in [2.24, 2.45) is 5.73 Å². The number of carbonyl (C=O) groups is 1. The van der Waals surface area contributed by atoms with Crippen LogP contribution in [0.1, 0.15) is 34.9 Å². The predicted molar refractivity (Wildman–Crippen MR) is 112 cm³/mol. The van der Waals surface area contributed by atoms with Crippen molar-refractivity contribution in [1.82, 2.24) is 4.98 Å². The van der Waals surface area contributed by atoms with Gasteiger partial charge in [0.05, 0.1) is 11.5 Å². The number of aromatic nitrogens is 1. The topological polar surface area (TPSA) is 86.5 Å². The third-order valence-corrected chi connectivity index (χ3v) is 6.78. The molecular weight excluding hydrogens is 429 g/mol. The van der Waals surface area contributed by atoms with Crippen LogP contribution in [0.25, 0.3) is 0 Å². The number of halogens is 2. The summed E-state index contributed by atoms with van der Waals surface area (Å²) in [6.07, 6.45) is 3.10. The minimum Gasteiger partial charge on any atom is -0.454 e. The van der Waals surface area contributed by atoms with Gasteiger partial charge in [0, 0.05) is 16.1 Å². The summed E-state index contributed by atoms with van der Waals surface area (Å²) in [5, 5.41) is 3.61. The van der Waals surface area contributed by atoms with Crippen molar-refractivity contribution in [3.63, 3.8) is 0 Å². The first kappa shape index (κ1) is 19.3. The van der Waals surface area contributed by atoms with Gasteiger partial charge in [-0.05, 0) is 48.2 Å². The quantitative estimate of drug-likeness (QED) is 0.608. The van der Waals surface area contributed by atoms with Crippen LogP contribution in [0.2, 0.25) is 5.02 Å². The maximum Gasteiger partial charge on any atom is 0.236 e. The van der Waals surface area contributed by atoms with Gasteiger partial charge in [0.15, 0.2) is 16.6 Å². The number of nitrogens with two attached hydrogens (primary N) is 1. The molecule has 1 aliphatic carbocycles. The smallest absolute Gasteiger partial charge is 0.236 e. The number of anilines is 1. The third kappa shape index (κ3) is 3.30. The van der Waals surface area contributed by atoms with Crippen molar-refractivity contribution in [2.75, 3.05) is 12.1 Å². The molecule has 5 rings (SSSR count). The summed E-state index contributed by atoms with van der Waals surface area (Å²) in [5.74, 6) is 0.806. The standard InChI is InChI=1S/C21H17ClFN3O3S/c22-14-8-12(23)2-3-13(14)18(24)17-9-25-20(30-17)26-19(27)21(5-6-21)11-1-4-15-16(7-11)29-10-28-15/h1-4,7-9,18H,5-6,10,24H2,(H,25,26,27)/t18-/m0/s1. The fourth-order valence-corrected chi connectivity index (χ4v) is 4.69. The van der Waals surface area contributed by atoms with Crippen molar-refractivity contribution >= 4 is 34.0 Å². The molecule has 0 radical (unpaired) electrons. The van der Waals surface area contributed by atoms with Crippen LogP contribution in [0.5, 0.6) is 11.5 Å². The molecule has 1 atom stereocenters. The second-order valence-electron chi connectivity index (χ2n) is 7.32. The van der Waals surface area contributed by atoms with Crippen molar-refractivity contribution < 1.29 is 18.7 Å². The van der Waals surface area contributed by atoms with Gasteiger partial charge in [-0.15, -0.1) is 0 Å². The van der Waals surface area contributed by atoms with Crippen LogP contribution in [0.4, 0.5) is 9.52 Å². The van der Waals surface area contributed by atoms with Gasteiger partial charge < -0.3 is 20.5 Å². The molecular formula is C21H17ClFN3O3S. The van der Waals surface area contributed by atoms with E-state index in [4.69, 9.17) is 26.8 Å². The number of carbonyl (C=O) groups excluding carboxylic acids is 1. The Kier molecular flexibility index (Phi) is 4.65. The summed E-state index contributed by atoms with van der Waals surface area (Å²) in [5.41, 5.74) is 7.18. The van der Waals surface area contributed by atoms with Gasteiger partial charge >= 0.3 is 0 Å². The van der Waals surface area contributed by atoms with Crippen molar-refractivity contribution in [2.45, 2.75) is 24.3 Å². The Bertz CT molecular complexity index is 1150. The fourth-order valence-electron chi connectivity index (χ4n) is 3.58. The van der Waals surface area contributed by atoms with Gasteiger partial charge in [-0.25, -0.2) is 9.37 Å². The Labute approximate surface area is 180 Å². The van der Waals surface area contributed by atoms with Gasteiger partial charge in [-0.2, -0.15) is 0 Å². The van der Waals surface area contributed by atoms with E-state index in [2.05, 4.69) is 10.3 Å². The van der Waals surface area contributed by atoms with Crippen LogP contribution in [-0.4, -0.2) is 17.7 Å². The number of nitrogens with zero attached hydrogens (tertiary/aromatic N) is 1. The molecule has 0 unspecified atom stereocenters. The number of benzene rings is 2. The molecule has 3 aromatic rings. The molecule has 0 spiro atoms. The number of fused-ring (bicyclic) bond motifs is 1. The van der Waals surface area contributed by atoms with E-state index < -0.39 is 17.3 Å². The molecule has 0 bridgehead atoms. The van der Waals surface area contributed by atoms with E-state index >= 15 is 0 Å². The number of amides is 1. The van der Waals surface area contributed by atoms with Gasteiger partial charge in [0.2, 0.25) is 12.7 Å². The number of nitrogens with one attached hydrogen (secondary N) is 1. The minimum atomic E-state index is -0.588. The normalized spacial score (nSPS) is 16.9. The molecule has 2 aromatic carbocycles. The number of thiazole rings is 1. The van der Waals surface area contributed by atoms with Gasteiger partial charge in [-0.3, -0.25) is 4.79 Å². The monoisotopic (exact) mass is 445 g/mol. The highest BCUT2D eigenvalue weighted by molar-refractivity contribution is 7.15. The predicted octanol–water partition coefficient (Wildman–Crippen LogP) is 4.38. The number of rotatable bonds is 5. The lowest BCUT2D eigenvalue weighted by Crippen LogP contribution is -2.27. The van der Waals surface area contributed by atoms with E-state index in [-0.39, 0.29) is 17.7 Å². The molecule has 0 saturated heterocycles. The van der Waals surface area contributed by atoms with Crippen molar-refractivity contribution in [1.29, 1.82) is 0 Å². The van der Waals surface area contributed by atoms with Crippen molar-refractivity contribution in [3.05, 3.63) is 69.4 Å².